The number of likely N-dealkylation sites (tertiary alicyclic amines) is 1. The summed E-state index contributed by atoms with van der Waals surface area (Å²) in [5, 5.41) is 13.8. The van der Waals surface area contributed by atoms with Crippen molar-refractivity contribution in [3.63, 3.8) is 0 Å². The van der Waals surface area contributed by atoms with Crippen molar-refractivity contribution in [2.24, 2.45) is 11.8 Å². The van der Waals surface area contributed by atoms with Crippen LogP contribution in [0, 0.1) is 28.9 Å². The number of carbonyl (C=O) groups is 3. The van der Waals surface area contributed by atoms with Crippen LogP contribution in [0.4, 0.5) is 11.4 Å². The summed E-state index contributed by atoms with van der Waals surface area (Å²) in [7, 11) is 0. The topological polar surface area (TPSA) is 110 Å². The van der Waals surface area contributed by atoms with Crippen molar-refractivity contribution >= 4 is 52.3 Å². The average Bonchev–Trinajstić information content (AvgIpc) is 3.17. The van der Waals surface area contributed by atoms with Gasteiger partial charge in [-0.15, -0.1) is 23.2 Å². The molecule has 0 aromatic heterocycles. The first-order valence-corrected chi connectivity index (χ1v) is 12.8. The molecular formula is C28H21Cl2N3O5. The number of alkyl halides is 2. The highest BCUT2D eigenvalue weighted by molar-refractivity contribution is 6.36. The van der Waals surface area contributed by atoms with Crippen LogP contribution >= 0.6 is 23.2 Å². The number of halogens is 2. The molecule has 1 fully saturated rings. The predicted octanol–water partition coefficient (Wildman–Crippen LogP) is 4.83. The Morgan fingerprint density at radius 3 is 1.84 bits per heavy atom. The van der Waals surface area contributed by atoms with Gasteiger partial charge in [-0.3, -0.25) is 29.4 Å². The van der Waals surface area contributed by atoms with Gasteiger partial charge in [-0.2, -0.15) is 0 Å². The molecule has 0 saturated carbocycles. The number of amides is 3. The molecule has 2 atom stereocenters. The highest BCUT2D eigenvalue weighted by Gasteiger charge is 2.72. The molecule has 1 heterocycles. The number of nitrogens with one attached hydrogen (secondary N) is 1. The zero-order chi connectivity index (χ0) is 27.0. The highest BCUT2D eigenvalue weighted by Crippen LogP contribution is 2.69. The fourth-order valence-electron chi connectivity index (χ4n) is 6.27. The number of nitrogens with zero attached hydrogens (tertiary/aromatic N) is 2. The fourth-order valence-corrected chi connectivity index (χ4v) is 7.36. The predicted molar refractivity (Wildman–Crippen MR) is 141 cm³/mol. The zero-order valence-electron chi connectivity index (χ0n) is 20.1. The summed E-state index contributed by atoms with van der Waals surface area (Å²) in [6.45, 7) is 1.43. The van der Waals surface area contributed by atoms with E-state index in [0.29, 0.717) is 27.8 Å². The molecule has 192 valence electrons. The monoisotopic (exact) mass is 549 g/mol. The molecule has 3 aliphatic carbocycles. The minimum Gasteiger partial charge on any atom is -0.326 e. The number of anilines is 1. The molecule has 10 heteroatoms. The Morgan fingerprint density at radius 1 is 0.921 bits per heavy atom. The molecule has 38 heavy (non-hydrogen) atoms. The van der Waals surface area contributed by atoms with Gasteiger partial charge in [-0.1, -0.05) is 54.6 Å². The van der Waals surface area contributed by atoms with Gasteiger partial charge in [0, 0.05) is 30.3 Å². The molecule has 1 saturated heterocycles. The van der Waals surface area contributed by atoms with Crippen molar-refractivity contribution in [1.29, 1.82) is 0 Å². The lowest BCUT2D eigenvalue weighted by atomic mass is 9.54. The lowest BCUT2D eigenvalue weighted by molar-refractivity contribution is -0.385. The molecule has 2 bridgehead atoms. The second-order valence-electron chi connectivity index (χ2n) is 9.85. The molecule has 1 N–H and O–H groups in total. The van der Waals surface area contributed by atoms with Crippen molar-refractivity contribution in [1.82, 2.24) is 4.90 Å². The lowest BCUT2D eigenvalue weighted by Crippen LogP contribution is -2.57. The van der Waals surface area contributed by atoms with Gasteiger partial charge in [-0.25, -0.2) is 0 Å². The molecule has 4 aliphatic rings. The van der Waals surface area contributed by atoms with Crippen molar-refractivity contribution in [2.75, 3.05) is 11.9 Å². The molecule has 3 amide bonds. The maximum absolute atomic E-state index is 13.8. The van der Waals surface area contributed by atoms with Crippen LogP contribution in [0.3, 0.4) is 0 Å². The number of nitro groups is 1. The van der Waals surface area contributed by atoms with Gasteiger partial charge < -0.3 is 5.32 Å². The summed E-state index contributed by atoms with van der Waals surface area (Å²) in [5.41, 5.74) is 3.42. The van der Waals surface area contributed by atoms with Crippen LogP contribution in [0.2, 0.25) is 0 Å². The fraction of sp³-hybridized carbons (Fsp3) is 0.250. The first kappa shape index (κ1) is 24.6. The summed E-state index contributed by atoms with van der Waals surface area (Å²) in [4.78, 5) is 49.5. The first-order valence-electron chi connectivity index (χ1n) is 12.1. The number of nitro benzene ring substituents is 1. The van der Waals surface area contributed by atoms with E-state index in [4.69, 9.17) is 23.2 Å². The van der Waals surface area contributed by atoms with Crippen LogP contribution in [0.25, 0.3) is 0 Å². The van der Waals surface area contributed by atoms with E-state index in [0.717, 1.165) is 4.90 Å². The van der Waals surface area contributed by atoms with Gasteiger partial charge in [0.05, 0.1) is 16.8 Å². The number of hydrogen-bond acceptors (Lipinski definition) is 5. The van der Waals surface area contributed by atoms with E-state index in [2.05, 4.69) is 5.32 Å². The molecule has 7 rings (SSSR count). The number of benzene rings is 3. The number of imide groups is 1. The van der Waals surface area contributed by atoms with Crippen LogP contribution in [0.15, 0.2) is 66.7 Å². The smallest absolute Gasteiger partial charge is 0.274 e. The summed E-state index contributed by atoms with van der Waals surface area (Å²) >= 11 is 14.8. The van der Waals surface area contributed by atoms with Crippen LogP contribution in [-0.4, -0.2) is 34.1 Å². The van der Waals surface area contributed by atoms with Gasteiger partial charge in [-0.05, 0) is 35.2 Å². The Morgan fingerprint density at radius 2 is 1.39 bits per heavy atom. The lowest BCUT2D eigenvalue weighted by Gasteiger charge is -2.54. The number of rotatable bonds is 5. The minimum absolute atomic E-state index is 0.119. The van der Waals surface area contributed by atoms with Crippen molar-refractivity contribution in [3.8, 4) is 0 Å². The van der Waals surface area contributed by atoms with E-state index >= 15 is 0 Å². The molecular weight excluding hydrogens is 529 g/mol. The molecule has 0 spiro atoms. The average molecular weight is 550 g/mol. The Balaban J connectivity index is 1.30. The van der Waals surface area contributed by atoms with Gasteiger partial charge in [0.15, 0.2) is 0 Å². The van der Waals surface area contributed by atoms with Crippen LogP contribution in [0.5, 0.6) is 0 Å². The van der Waals surface area contributed by atoms with Gasteiger partial charge in [0.2, 0.25) is 17.7 Å². The third-order valence-electron chi connectivity index (χ3n) is 7.93. The third kappa shape index (κ3) is 3.13. The first-order chi connectivity index (χ1) is 18.1. The molecule has 0 radical (unpaired) electrons. The summed E-state index contributed by atoms with van der Waals surface area (Å²) < 4.78 is 0. The normalized spacial score (nSPS) is 26.6. The Bertz CT molecular complexity index is 1450. The summed E-state index contributed by atoms with van der Waals surface area (Å²) in [5.74, 6) is -3.29. The van der Waals surface area contributed by atoms with E-state index in [1.165, 1.54) is 12.1 Å². The van der Waals surface area contributed by atoms with Crippen molar-refractivity contribution < 1.29 is 19.3 Å². The molecule has 1 aliphatic heterocycles. The van der Waals surface area contributed by atoms with E-state index in [1.54, 1.807) is 13.0 Å². The second kappa shape index (κ2) is 8.38. The standard InChI is InChI=1S/C28H21Cl2N3O5/c1-15-10-11-16(14-21(15)33(37)38)31-22(34)12-13-32-25(35)23-24(26(32)36)28(30)18-7-3-2-6-17(18)27(23,29)19-8-4-5-9-20(19)28/h2-11,14,23-24H,12-13H2,1H3,(H,31,34)/t23-,24-,27?,28?/m0/s1. The molecule has 3 aromatic rings. The highest BCUT2D eigenvalue weighted by atomic mass is 35.5. The van der Waals surface area contributed by atoms with E-state index in [-0.39, 0.29) is 24.3 Å². The Hall–Kier alpha value is -3.75. The maximum atomic E-state index is 13.8. The quantitative estimate of drug-likeness (QED) is 0.212. The van der Waals surface area contributed by atoms with Gasteiger partial charge in [0.25, 0.3) is 5.69 Å². The van der Waals surface area contributed by atoms with E-state index in [1.807, 2.05) is 48.5 Å². The maximum Gasteiger partial charge on any atom is 0.274 e. The number of carbonyl (C=O) groups excluding carboxylic acids is 3. The zero-order valence-corrected chi connectivity index (χ0v) is 21.6. The number of aryl methyl sites for hydroxylation is 1. The van der Waals surface area contributed by atoms with Gasteiger partial charge in [0.1, 0.15) is 9.75 Å². The summed E-state index contributed by atoms with van der Waals surface area (Å²) in [6, 6.07) is 19.1. The molecule has 0 unspecified atom stereocenters. The van der Waals surface area contributed by atoms with Crippen LogP contribution in [-0.2, 0) is 24.1 Å². The van der Waals surface area contributed by atoms with E-state index in [9.17, 15) is 24.5 Å². The van der Waals surface area contributed by atoms with Crippen molar-refractivity contribution in [3.05, 3.63) is 105 Å². The SMILES string of the molecule is Cc1ccc(NC(=O)CCN2C(=O)[C@@H]3[C@@H](C2=O)C2(Cl)c4ccccc4C3(Cl)c3ccccc32)cc1[N+](=O)[O-]. The van der Waals surface area contributed by atoms with Gasteiger partial charge >= 0.3 is 0 Å². The summed E-state index contributed by atoms with van der Waals surface area (Å²) in [6.07, 6.45) is -0.191. The van der Waals surface area contributed by atoms with E-state index < -0.39 is 44.2 Å². The van der Waals surface area contributed by atoms with Crippen LogP contribution < -0.4 is 5.32 Å². The molecule has 3 aromatic carbocycles. The molecule has 8 nitrogen and oxygen atoms in total. The Kier molecular flexibility index (Phi) is 5.42. The third-order valence-corrected chi connectivity index (χ3v) is 9.21. The van der Waals surface area contributed by atoms with Crippen LogP contribution in [0.1, 0.15) is 34.2 Å². The number of hydrogen-bond donors (Lipinski definition) is 1. The largest absolute Gasteiger partial charge is 0.326 e. The second-order valence-corrected chi connectivity index (χ2v) is 11.0. The van der Waals surface area contributed by atoms with Crippen molar-refractivity contribution in [2.45, 2.75) is 23.1 Å². The minimum atomic E-state index is -1.28. The Labute approximate surface area is 227 Å².